The normalized spacial score (nSPS) is 13.6. The van der Waals surface area contributed by atoms with E-state index in [0.717, 1.165) is 49.6 Å². The molecule has 0 unspecified atom stereocenters. The van der Waals surface area contributed by atoms with Crippen LogP contribution in [0, 0.1) is 6.07 Å². The third-order valence-electron chi connectivity index (χ3n) is 7.46. The number of pyridine rings is 2. The smallest absolute Gasteiger partial charge is 0.778 e. The Hall–Kier alpha value is -3.59. The second-order valence-electron chi connectivity index (χ2n) is 9.99. The van der Waals surface area contributed by atoms with Gasteiger partial charge in [0, 0.05) is 22.8 Å². The van der Waals surface area contributed by atoms with Crippen LogP contribution in [-0.2, 0) is 39.1 Å². The molecule has 38 heavy (non-hydrogen) atoms. The number of hydrogen-bond acceptors (Lipinski definition) is 4. The van der Waals surface area contributed by atoms with E-state index in [0.29, 0.717) is 0 Å². The summed E-state index contributed by atoms with van der Waals surface area (Å²) in [4.78, 5) is 12.7. The van der Waals surface area contributed by atoms with Crippen LogP contribution in [0.2, 0.25) is 0 Å². The molecule has 0 amide bonds. The summed E-state index contributed by atoms with van der Waals surface area (Å²) in [5.74, 6) is 0.867. The van der Waals surface area contributed by atoms with Crippen LogP contribution in [0.5, 0.6) is 0 Å². The molecule has 0 N–H and O–H groups in total. The van der Waals surface area contributed by atoms with E-state index in [1.165, 1.54) is 16.5 Å². The van der Waals surface area contributed by atoms with Crippen LogP contribution in [0.3, 0.4) is 0 Å². The first kappa shape index (κ1) is 24.7. The minimum absolute atomic E-state index is 0. The Morgan fingerprint density at radius 2 is 1.58 bits per heavy atom. The van der Waals surface area contributed by atoms with Gasteiger partial charge in [-0.15, -0.1) is 28.7 Å². The summed E-state index contributed by atoms with van der Waals surface area (Å²) in [6.07, 6.45) is 1.83. The standard InChI is InChI=1S/C33H24N3S.Pt/c1-33(2)25-11-5-6-12-28(25)36(31-13-7-8-18-34-31)29-19-22(14-16-26(29)33)27-17-15-24-23-10-4-3-9-21(23)20-30(37)32(24)35-27;/h3-18,20,37H,1-2H3;/q-1;+2/p-1. The molecule has 4 aromatic carbocycles. The van der Waals surface area contributed by atoms with E-state index in [1.54, 1.807) is 0 Å². The van der Waals surface area contributed by atoms with E-state index < -0.39 is 0 Å². The Kier molecular flexibility index (Phi) is 6.06. The number of para-hydroxylation sites is 1. The molecule has 7 rings (SSSR count). The summed E-state index contributed by atoms with van der Waals surface area (Å²) in [5, 5.41) is 3.39. The first-order valence-corrected chi connectivity index (χ1v) is 12.8. The van der Waals surface area contributed by atoms with Crippen molar-refractivity contribution >= 4 is 51.5 Å². The van der Waals surface area contributed by atoms with Gasteiger partial charge in [-0.05, 0) is 51.3 Å². The topological polar surface area (TPSA) is 29.0 Å². The van der Waals surface area contributed by atoms with Crippen molar-refractivity contribution in [1.29, 1.82) is 0 Å². The molecule has 1 aliphatic heterocycles. The minimum Gasteiger partial charge on any atom is -0.778 e. The molecule has 5 heteroatoms. The Labute approximate surface area is 242 Å². The molecule has 0 saturated heterocycles. The van der Waals surface area contributed by atoms with Crippen molar-refractivity contribution in [3.63, 3.8) is 0 Å². The van der Waals surface area contributed by atoms with Gasteiger partial charge in [0.05, 0.1) is 0 Å². The van der Waals surface area contributed by atoms with Gasteiger partial charge < -0.3 is 17.5 Å². The maximum absolute atomic E-state index is 5.76. The Morgan fingerprint density at radius 1 is 0.789 bits per heavy atom. The van der Waals surface area contributed by atoms with Crippen LogP contribution >= 0.6 is 0 Å². The minimum atomic E-state index is -0.185. The number of benzene rings is 4. The summed E-state index contributed by atoms with van der Waals surface area (Å²) in [6, 6.07) is 37.2. The summed E-state index contributed by atoms with van der Waals surface area (Å²) >= 11 is 5.76. The fraction of sp³-hybridized carbons (Fsp3) is 0.0909. The number of anilines is 3. The zero-order valence-corrected chi connectivity index (χ0v) is 24.0. The van der Waals surface area contributed by atoms with Gasteiger partial charge >= 0.3 is 21.1 Å². The molecule has 186 valence electrons. The maximum Gasteiger partial charge on any atom is 2.00 e. The molecule has 3 nitrogen and oxygen atoms in total. The predicted molar refractivity (Wildman–Crippen MR) is 154 cm³/mol. The Balaban J connectivity index is 0.00000264. The number of rotatable bonds is 2. The first-order valence-electron chi connectivity index (χ1n) is 12.4. The van der Waals surface area contributed by atoms with Gasteiger partial charge in [-0.1, -0.05) is 86.1 Å². The fourth-order valence-electron chi connectivity index (χ4n) is 5.59. The monoisotopic (exact) mass is 688 g/mol. The molecule has 0 atom stereocenters. The van der Waals surface area contributed by atoms with Gasteiger partial charge in [-0.3, -0.25) is 4.98 Å². The van der Waals surface area contributed by atoms with Crippen molar-refractivity contribution in [3.8, 4) is 11.3 Å². The molecule has 3 heterocycles. The van der Waals surface area contributed by atoms with E-state index >= 15 is 0 Å². The van der Waals surface area contributed by atoms with Gasteiger partial charge in [0.15, 0.2) is 0 Å². The van der Waals surface area contributed by atoms with Crippen molar-refractivity contribution in [2.24, 2.45) is 0 Å². The Bertz CT molecular complexity index is 1830. The van der Waals surface area contributed by atoms with Crippen molar-refractivity contribution in [3.05, 3.63) is 120 Å². The molecule has 6 aromatic rings. The number of fused-ring (bicyclic) bond motifs is 5. The van der Waals surface area contributed by atoms with Crippen molar-refractivity contribution < 1.29 is 21.1 Å². The van der Waals surface area contributed by atoms with E-state index in [4.69, 9.17) is 22.6 Å². The van der Waals surface area contributed by atoms with Gasteiger partial charge in [-0.2, -0.15) is 0 Å². The molecule has 1 aliphatic rings. The number of hydrogen-bond donors (Lipinski definition) is 0. The van der Waals surface area contributed by atoms with Crippen molar-refractivity contribution in [2.45, 2.75) is 24.2 Å². The van der Waals surface area contributed by atoms with Gasteiger partial charge in [0.1, 0.15) is 5.82 Å². The van der Waals surface area contributed by atoms with Gasteiger partial charge in [0.25, 0.3) is 0 Å². The molecule has 0 aliphatic carbocycles. The van der Waals surface area contributed by atoms with Crippen molar-refractivity contribution in [2.75, 3.05) is 4.90 Å². The number of nitrogens with zero attached hydrogens (tertiary/aromatic N) is 3. The van der Waals surface area contributed by atoms with Gasteiger partial charge in [0.2, 0.25) is 0 Å². The summed E-state index contributed by atoms with van der Waals surface area (Å²) < 4.78 is 0. The van der Waals surface area contributed by atoms with Crippen LogP contribution in [0.4, 0.5) is 17.2 Å². The molecule has 0 spiro atoms. The predicted octanol–water partition coefficient (Wildman–Crippen LogP) is 8.26. The molecule has 2 aromatic heterocycles. The average molecular weight is 689 g/mol. The largest absolute Gasteiger partial charge is 2.00 e. The quantitative estimate of drug-likeness (QED) is 0.104. The van der Waals surface area contributed by atoms with Gasteiger partial charge in [-0.25, -0.2) is 4.98 Å². The zero-order valence-electron chi connectivity index (χ0n) is 20.9. The molecule has 0 radical (unpaired) electrons. The second kappa shape index (κ2) is 9.30. The second-order valence-corrected chi connectivity index (χ2v) is 10.4. The first-order chi connectivity index (χ1) is 18.0. The zero-order chi connectivity index (χ0) is 25.1. The average Bonchev–Trinajstić information content (AvgIpc) is 2.93. The summed E-state index contributed by atoms with van der Waals surface area (Å²) in [6.45, 7) is 4.55. The van der Waals surface area contributed by atoms with Crippen LogP contribution in [0.25, 0.3) is 32.9 Å². The van der Waals surface area contributed by atoms with Crippen LogP contribution < -0.4 is 4.90 Å². The molecule has 0 saturated carbocycles. The summed E-state index contributed by atoms with van der Waals surface area (Å²) in [7, 11) is 0. The van der Waals surface area contributed by atoms with Crippen LogP contribution in [0.1, 0.15) is 25.0 Å². The molecular weight excluding hydrogens is 666 g/mol. The van der Waals surface area contributed by atoms with Crippen molar-refractivity contribution in [1.82, 2.24) is 9.97 Å². The van der Waals surface area contributed by atoms with E-state index in [1.807, 2.05) is 36.5 Å². The molecule has 0 bridgehead atoms. The van der Waals surface area contributed by atoms with Crippen LogP contribution in [-0.4, -0.2) is 9.97 Å². The van der Waals surface area contributed by atoms with E-state index in [9.17, 15) is 0 Å². The van der Waals surface area contributed by atoms with E-state index in [-0.39, 0.29) is 26.5 Å². The maximum atomic E-state index is 5.76. The third-order valence-corrected chi connectivity index (χ3v) is 7.77. The Morgan fingerprint density at radius 3 is 2.42 bits per heavy atom. The summed E-state index contributed by atoms with van der Waals surface area (Å²) in [5.41, 5.74) is 7.04. The third kappa shape index (κ3) is 3.74. The van der Waals surface area contributed by atoms with E-state index in [2.05, 4.69) is 91.5 Å². The molecule has 0 fully saturated rings. The van der Waals surface area contributed by atoms with Crippen LogP contribution in [0.15, 0.2) is 108 Å². The molecular formula is C33H23N3PtS. The number of aromatic nitrogens is 2. The SMILES string of the molecule is CC1(C)c2ccc(-c3ccc4c(n3)c([S-])cc3ccccc34)[c-]c2N(c2ccccn2)c2ccccc21.[Pt+2]. The fourth-order valence-corrected chi connectivity index (χ4v) is 5.87.